The molecule has 0 saturated carbocycles. The summed E-state index contributed by atoms with van der Waals surface area (Å²) in [5.74, 6) is 1.54. The third kappa shape index (κ3) is 2.93. The molecule has 0 aliphatic carbocycles. The standard InChI is InChI=1S/C13H19NO4/c1-14-12-8-18-13-5-10(3-4-11(12)13)17-7-9(15)6-16-2/h3-5,9,12,14-15H,6-8H2,1-2H3. The first kappa shape index (κ1) is 13.1. The highest BCUT2D eigenvalue weighted by Crippen LogP contribution is 2.34. The number of benzene rings is 1. The molecule has 1 aliphatic heterocycles. The highest BCUT2D eigenvalue weighted by molar-refractivity contribution is 5.44. The fourth-order valence-electron chi connectivity index (χ4n) is 1.95. The van der Waals surface area contributed by atoms with Gasteiger partial charge < -0.3 is 24.6 Å². The molecule has 100 valence electrons. The van der Waals surface area contributed by atoms with E-state index in [4.69, 9.17) is 14.2 Å². The number of rotatable bonds is 6. The molecule has 1 aliphatic rings. The molecule has 0 amide bonds. The van der Waals surface area contributed by atoms with Crippen LogP contribution in [-0.4, -0.2) is 45.2 Å². The van der Waals surface area contributed by atoms with E-state index in [-0.39, 0.29) is 19.3 Å². The minimum Gasteiger partial charge on any atom is -0.491 e. The predicted molar refractivity (Wildman–Crippen MR) is 67.1 cm³/mol. The van der Waals surface area contributed by atoms with E-state index in [0.29, 0.717) is 12.4 Å². The van der Waals surface area contributed by atoms with Gasteiger partial charge in [-0.05, 0) is 19.2 Å². The lowest BCUT2D eigenvalue weighted by Gasteiger charge is -2.12. The van der Waals surface area contributed by atoms with Crippen LogP contribution in [0.4, 0.5) is 0 Å². The van der Waals surface area contributed by atoms with Gasteiger partial charge >= 0.3 is 0 Å². The topological polar surface area (TPSA) is 60.0 Å². The molecule has 2 atom stereocenters. The second kappa shape index (κ2) is 6.04. The highest BCUT2D eigenvalue weighted by atomic mass is 16.5. The molecule has 0 fully saturated rings. The number of aliphatic hydroxyl groups excluding tert-OH is 1. The van der Waals surface area contributed by atoms with Crippen molar-refractivity contribution in [2.75, 3.05) is 34.0 Å². The zero-order valence-corrected chi connectivity index (χ0v) is 10.7. The van der Waals surface area contributed by atoms with Gasteiger partial charge in [0.15, 0.2) is 0 Å². The summed E-state index contributed by atoms with van der Waals surface area (Å²) in [5.41, 5.74) is 1.14. The van der Waals surface area contributed by atoms with Gasteiger partial charge in [0, 0.05) is 18.7 Å². The third-order valence-electron chi connectivity index (χ3n) is 2.92. The number of likely N-dealkylation sites (N-methyl/N-ethyl adjacent to an activating group) is 1. The summed E-state index contributed by atoms with van der Waals surface area (Å²) in [6.45, 7) is 1.12. The fourth-order valence-corrected chi connectivity index (χ4v) is 1.95. The molecular weight excluding hydrogens is 234 g/mol. The molecule has 1 heterocycles. The van der Waals surface area contributed by atoms with Crippen LogP contribution in [0.25, 0.3) is 0 Å². The first-order chi connectivity index (χ1) is 8.74. The first-order valence-electron chi connectivity index (χ1n) is 5.98. The number of ether oxygens (including phenoxy) is 3. The van der Waals surface area contributed by atoms with Crippen molar-refractivity contribution < 1.29 is 19.3 Å². The number of nitrogens with one attached hydrogen (secondary N) is 1. The molecule has 5 heteroatoms. The Kier molecular flexibility index (Phi) is 4.41. The monoisotopic (exact) mass is 253 g/mol. The minimum absolute atomic E-state index is 0.210. The molecular formula is C13H19NO4. The van der Waals surface area contributed by atoms with Gasteiger partial charge in [0.05, 0.1) is 12.6 Å². The van der Waals surface area contributed by atoms with Crippen molar-refractivity contribution in [3.05, 3.63) is 23.8 Å². The number of methoxy groups -OCH3 is 1. The summed E-state index contributed by atoms with van der Waals surface area (Å²) < 4.78 is 15.9. The molecule has 0 bridgehead atoms. The lowest BCUT2D eigenvalue weighted by Crippen LogP contribution is -2.22. The molecule has 0 aromatic heterocycles. The summed E-state index contributed by atoms with van der Waals surface area (Å²) in [5, 5.41) is 12.7. The summed E-state index contributed by atoms with van der Waals surface area (Å²) in [6, 6.07) is 5.97. The smallest absolute Gasteiger partial charge is 0.127 e. The van der Waals surface area contributed by atoms with Crippen LogP contribution < -0.4 is 14.8 Å². The molecule has 2 unspecified atom stereocenters. The maximum atomic E-state index is 9.49. The Morgan fingerprint density at radius 2 is 2.33 bits per heavy atom. The lowest BCUT2D eigenvalue weighted by molar-refractivity contribution is 0.0325. The molecule has 5 nitrogen and oxygen atoms in total. The van der Waals surface area contributed by atoms with Crippen LogP contribution in [0.3, 0.4) is 0 Å². The SMILES string of the molecule is CNC1COc2cc(OCC(O)COC)ccc21. The van der Waals surface area contributed by atoms with E-state index in [1.165, 1.54) is 0 Å². The molecule has 0 spiro atoms. The van der Waals surface area contributed by atoms with Crippen LogP contribution in [0, 0.1) is 0 Å². The van der Waals surface area contributed by atoms with Crippen molar-refractivity contribution in [1.82, 2.24) is 5.32 Å². The van der Waals surface area contributed by atoms with Crippen molar-refractivity contribution in [1.29, 1.82) is 0 Å². The molecule has 2 rings (SSSR count). The van der Waals surface area contributed by atoms with Crippen LogP contribution >= 0.6 is 0 Å². The van der Waals surface area contributed by atoms with Gasteiger partial charge in [-0.15, -0.1) is 0 Å². The fraction of sp³-hybridized carbons (Fsp3) is 0.538. The van der Waals surface area contributed by atoms with Crippen molar-refractivity contribution in [3.8, 4) is 11.5 Å². The Balaban J connectivity index is 1.96. The second-order valence-electron chi connectivity index (χ2n) is 4.27. The largest absolute Gasteiger partial charge is 0.491 e. The van der Waals surface area contributed by atoms with Crippen LogP contribution in [-0.2, 0) is 4.74 Å². The van der Waals surface area contributed by atoms with Gasteiger partial charge in [-0.25, -0.2) is 0 Å². The summed E-state index contributed by atoms with van der Waals surface area (Å²) in [4.78, 5) is 0. The molecule has 0 saturated heterocycles. The number of hydrogen-bond acceptors (Lipinski definition) is 5. The highest BCUT2D eigenvalue weighted by Gasteiger charge is 2.22. The molecule has 1 aromatic rings. The van der Waals surface area contributed by atoms with E-state index < -0.39 is 6.10 Å². The van der Waals surface area contributed by atoms with Crippen LogP contribution in [0.1, 0.15) is 11.6 Å². The lowest BCUT2D eigenvalue weighted by atomic mass is 10.1. The molecule has 0 radical (unpaired) electrons. The number of aliphatic hydroxyl groups is 1. The Hall–Kier alpha value is -1.30. The number of fused-ring (bicyclic) bond motifs is 1. The number of hydrogen-bond donors (Lipinski definition) is 2. The normalized spacial score (nSPS) is 19.2. The van der Waals surface area contributed by atoms with E-state index in [1.807, 2.05) is 25.2 Å². The van der Waals surface area contributed by atoms with Crippen molar-refractivity contribution in [3.63, 3.8) is 0 Å². The summed E-state index contributed by atoms with van der Waals surface area (Å²) in [7, 11) is 3.46. The predicted octanol–water partition coefficient (Wildman–Crippen LogP) is 0.726. The van der Waals surface area contributed by atoms with E-state index in [0.717, 1.165) is 11.3 Å². The molecule has 2 N–H and O–H groups in total. The zero-order chi connectivity index (χ0) is 13.0. The van der Waals surface area contributed by atoms with Crippen LogP contribution in [0.5, 0.6) is 11.5 Å². The molecule has 1 aromatic carbocycles. The molecule has 18 heavy (non-hydrogen) atoms. The quantitative estimate of drug-likeness (QED) is 0.782. The average Bonchev–Trinajstić information content (AvgIpc) is 2.79. The second-order valence-corrected chi connectivity index (χ2v) is 4.27. The van der Waals surface area contributed by atoms with Gasteiger partial charge in [0.25, 0.3) is 0 Å². The van der Waals surface area contributed by atoms with Gasteiger partial charge in [-0.1, -0.05) is 0 Å². The van der Waals surface area contributed by atoms with Gasteiger partial charge in [0.1, 0.15) is 30.8 Å². The average molecular weight is 253 g/mol. The van der Waals surface area contributed by atoms with Gasteiger partial charge in [-0.2, -0.15) is 0 Å². The third-order valence-corrected chi connectivity index (χ3v) is 2.92. The van der Waals surface area contributed by atoms with E-state index in [9.17, 15) is 5.11 Å². The van der Waals surface area contributed by atoms with Crippen LogP contribution in [0.15, 0.2) is 18.2 Å². The van der Waals surface area contributed by atoms with Crippen LogP contribution in [0.2, 0.25) is 0 Å². The van der Waals surface area contributed by atoms with Crippen molar-refractivity contribution >= 4 is 0 Å². The minimum atomic E-state index is -0.616. The van der Waals surface area contributed by atoms with Gasteiger partial charge in [0.2, 0.25) is 0 Å². The van der Waals surface area contributed by atoms with Gasteiger partial charge in [-0.3, -0.25) is 0 Å². The van der Waals surface area contributed by atoms with Crippen molar-refractivity contribution in [2.24, 2.45) is 0 Å². The Labute approximate surface area is 107 Å². The van der Waals surface area contributed by atoms with E-state index in [1.54, 1.807) is 7.11 Å². The van der Waals surface area contributed by atoms with E-state index in [2.05, 4.69) is 5.32 Å². The Bertz CT molecular complexity index is 397. The van der Waals surface area contributed by atoms with Crippen molar-refractivity contribution in [2.45, 2.75) is 12.1 Å². The maximum Gasteiger partial charge on any atom is 0.127 e. The Morgan fingerprint density at radius 1 is 1.50 bits per heavy atom. The summed E-state index contributed by atoms with van der Waals surface area (Å²) in [6.07, 6.45) is -0.616. The Morgan fingerprint density at radius 3 is 3.06 bits per heavy atom. The maximum absolute atomic E-state index is 9.49. The van der Waals surface area contributed by atoms with E-state index >= 15 is 0 Å². The first-order valence-corrected chi connectivity index (χ1v) is 5.98. The zero-order valence-electron chi connectivity index (χ0n) is 10.7. The summed E-state index contributed by atoms with van der Waals surface area (Å²) >= 11 is 0.